The van der Waals surface area contributed by atoms with Gasteiger partial charge in [-0.15, -0.1) is 0 Å². The Morgan fingerprint density at radius 1 is 1.24 bits per heavy atom. The normalized spacial score (nSPS) is 27.6. The summed E-state index contributed by atoms with van der Waals surface area (Å²) in [4.78, 5) is 27.6. The lowest BCUT2D eigenvalue weighted by Crippen LogP contribution is -2.56. The lowest BCUT2D eigenvalue weighted by Gasteiger charge is -2.42. The number of nitrogens with zero attached hydrogens (tertiary/aromatic N) is 2. The van der Waals surface area contributed by atoms with Gasteiger partial charge in [-0.25, -0.2) is 0 Å². The van der Waals surface area contributed by atoms with Crippen molar-refractivity contribution in [3.05, 3.63) is 0 Å². The number of carbonyl (C=O) groups is 2. The third-order valence-electron chi connectivity index (χ3n) is 4.90. The van der Waals surface area contributed by atoms with Crippen LogP contribution in [0, 0.1) is 5.41 Å². The molecule has 2 aliphatic heterocycles. The molecule has 0 aromatic rings. The number of amides is 1. The molecule has 0 aromatic carbocycles. The second kappa shape index (κ2) is 7.22. The molecule has 21 heavy (non-hydrogen) atoms. The monoisotopic (exact) mass is 297 g/mol. The van der Waals surface area contributed by atoms with E-state index in [1.54, 1.807) is 0 Å². The Morgan fingerprint density at radius 2 is 1.95 bits per heavy atom. The Morgan fingerprint density at radius 3 is 2.48 bits per heavy atom. The average Bonchev–Trinajstić information content (AvgIpc) is 2.53. The number of carboxylic acids is 1. The maximum Gasteiger partial charge on any atom is 0.304 e. The number of nitrogens with one attached hydrogen (secondary N) is 1. The highest BCUT2D eigenvalue weighted by atomic mass is 16.4. The zero-order valence-electron chi connectivity index (χ0n) is 12.9. The van der Waals surface area contributed by atoms with Crippen molar-refractivity contribution in [2.45, 2.75) is 32.6 Å². The molecule has 6 heteroatoms. The maximum atomic E-state index is 12.9. The molecule has 2 heterocycles. The zero-order valence-corrected chi connectivity index (χ0v) is 12.9. The van der Waals surface area contributed by atoms with Crippen LogP contribution in [0.1, 0.15) is 32.6 Å². The van der Waals surface area contributed by atoms with Crippen molar-refractivity contribution in [3.63, 3.8) is 0 Å². The van der Waals surface area contributed by atoms with E-state index in [0.717, 1.165) is 58.5 Å². The van der Waals surface area contributed by atoms with E-state index in [0.29, 0.717) is 6.54 Å². The molecule has 0 spiro atoms. The standard InChI is InChI=1S/C15H27N3O3/c1-2-15(5-3-6-16-12-15)14(21)18-10-8-17(9-11-18)7-4-13(19)20/h16H,2-12H2,1H3,(H,19,20). The van der Waals surface area contributed by atoms with Crippen molar-refractivity contribution in [1.82, 2.24) is 15.1 Å². The Balaban J connectivity index is 1.86. The molecule has 120 valence electrons. The summed E-state index contributed by atoms with van der Waals surface area (Å²) in [5, 5.41) is 12.1. The van der Waals surface area contributed by atoms with E-state index in [1.165, 1.54) is 0 Å². The highest BCUT2D eigenvalue weighted by Crippen LogP contribution is 2.32. The van der Waals surface area contributed by atoms with Gasteiger partial charge in [0, 0.05) is 39.3 Å². The molecule has 2 rings (SSSR count). The predicted octanol–water partition coefficient (Wildman–Crippen LogP) is 0.385. The minimum Gasteiger partial charge on any atom is -0.481 e. The number of piperidine rings is 1. The van der Waals surface area contributed by atoms with E-state index in [1.807, 2.05) is 4.90 Å². The van der Waals surface area contributed by atoms with Gasteiger partial charge in [-0.05, 0) is 25.8 Å². The van der Waals surface area contributed by atoms with Crippen LogP contribution in [0.3, 0.4) is 0 Å². The number of hydrogen-bond donors (Lipinski definition) is 2. The molecule has 2 N–H and O–H groups in total. The van der Waals surface area contributed by atoms with Gasteiger partial charge < -0.3 is 15.3 Å². The van der Waals surface area contributed by atoms with E-state index in [9.17, 15) is 9.59 Å². The summed E-state index contributed by atoms with van der Waals surface area (Å²) in [5.74, 6) is -0.471. The fourth-order valence-electron chi connectivity index (χ4n) is 3.37. The largest absolute Gasteiger partial charge is 0.481 e. The summed E-state index contributed by atoms with van der Waals surface area (Å²) in [6, 6.07) is 0. The smallest absolute Gasteiger partial charge is 0.304 e. The second-order valence-electron chi connectivity index (χ2n) is 6.19. The summed E-state index contributed by atoms with van der Waals surface area (Å²) in [7, 11) is 0. The molecule has 0 saturated carbocycles. The van der Waals surface area contributed by atoms with Crippen LogP contribution in [-0.4, -0.2) is 72.6 Å². The minimum absolute atomic E-state index is 0.177. The highest BCUT2D eigenvalue weighted by Gasteiger charge is 2.41. The lowest BCUT2D eigenvalue weighted by molar-refractivity contribution is -0.146. The van der Waals surface area contributed by atoms with Crippen LogP contribution in [0.2, 0.25) is 0 Å². The molecule has 2 saturated heterocycles. The van der Waals surface area contributed by atoms with E-state index >= 15 is 0 Å². The molecule has 1 unspecified atom stereocenters. The van der Waals surface area contributed by atoms with Gasteiger partial charge >= 0.3 is 5.97 Å². The van der Waals surface area contributed by atoms with E-state index < -0.39 is 5.97 Å². The van der Waals surface area contributed by atoms with Crippen LogP contribution in [0.4, 0.5) is 0 Å². The molecular weight excluding hydrogens is 270 g/mol. The van der Waals surface area contributed by atoms with Gasteiger partial charge in [-0.3, -0.25) is 14.5 Å². The van der Waals surface area contributed by atoms with Crippen molar-refractivity contribution in [1.29, 1.82) is 0 Å². The number of rotatable bonds is 5. The first kappa shape index (κ1) is 16.2. The molecule has 0 aliphatic carbocycles. The molecular formula is C15H27N3O3. The number of carbonyl (C=O) groups excluding carboxylic acids is 1. The molecule has 0 bridgehead atoms. The van der Waals surface area contributed by atoms with E-state index in [2.05, 4.69) is 17.1 Å². The van der Waals surface area contributed by atoms with Gasteiger partial charge in [0.05, 0.1) is 11.8 Å². The third kappa shape index (κ3) is 3.95. The van der Waals surface area contributed by atoms with Crippen LogP contribution < -0.4 is 5.32 Å². The first-order valence-electron chi connectivity index (χ1n) is 8.02. The third-order valence-corrected chi connectivity index (χ3v) is 4.90. The van der Waals surface area contributed by atoms with Crippen LogP contribution in [0.5, 0.6) is 0 Å². The molecule has 0 radical (unpaired) electrons. The fraction of sp³-hybridized carbons (Fsp3) is 0.867. The SMILES string of the molecule is CCC1(C(=O)N2CCN(CCC(=O)O)CC2)CCCNC1. The number of carboxylic acid groups (broad SMARTS) is 1. The average molecular weight is 297 g/mol. The Bertz CT molecular complexity index is 372. The topological polar surface area (TPSA) is 72.9 Å². The molecule has 1 amide bonds. The summed E-state index contributed by atoms with van der Waals surface area (Å²) >= 11 is 0. The Kier molecular flexibility index (Phi) is 5.58. The number of aliphatic carboxylic acids is 1. The van der Waals surface area contributed by atoms with Gasteiger partial charge in [-0.2, -0.15) is 0 Å². The molecule has 0 aromatic heterocycles. The highest BCUT2D eigenvalue weighted by molar-refractivity contribution is 5.83. The summed E-state index contributed by atoms with van der Waals surface area (Å²) < 4.78 is 0. The van der Waals surface area contributed by atoms with Crippen molar-refractivity contribution < 1.29 is 14.7 Å². The Labute approximate surface area is 126 Å². The summed E-state index contributed by atoms with van der Waals surface area (Å²) in [6.45, 7) is 7.50. The lowest BCUT2D eigenvalue weighted by atomic mass is 9.77. The molecule has 2 fully saturated rings. The second-order valence-corrected chi connectivity index (χ2v) is 6.19. The first-order valence-corrected chi connectivity index (χ1v) is 8.02. The van der Waals surface area contributed by atoms with Crippen molar-refractivity contribution in [2.75, 3.05) is 45.8 Å². The minimum atomic E-state index is -0.758. The van der Waals surface area contributed by atoms with E-state index in [-0.39, 0.29) is 17.7 Å². The predicted molar refractivity (Wildman–Crippen MR) is 80.1 cm³/mol. The van der Waals surface area contributed by atoms with Crippen LogP contribution >= 0.6 is 0 Å². The molecule has 2 aliphatic rings. The molecule has 6 nitrogen and oxygen atoms in total. The molecule has 1 atom stereocenters. The first-order chi connectivity index (χ1) is 10.1. The zero-order chi connectivity index (χ0) is 15.3. The van der Waals surface area contributed by atoms with Gasteiger partial charge in [0.15, 0.2) is 0 Å². The van der Waals surface area contributed by atoms with Crippen LogP contribution in [0.15, 0.2) is 0 Å². The quantitative estimate of drug-likeness (QED) is 0.768. The van der Waals surface area contributed by atoms with Gasteiger partial charge in [0.25, 0.3) is 0 Å². The van der Waals surface area contributed by atoms with Gasteiger partial charge in [-0.1, -0.05) is 6.92 Å². The summed E-state index contributed by atoms with van der Waals surface area (Å²) in [5.41, 5.74) is -0.221. The number of piperazine rings is 1. The van der Waals surface area contributed by atoms with E-state index in [4.69, 9.17) is 5.11 Å². The van der Waals surface area contributed by atoms with Crippen molar-refractivity contribution in [3.8, 4) is 0 Å². The van der Waals surface area contributed by atoms with Crippen LogP contribution in [-0.2, 0) is 9.59 Å². The fourth-order valence-corrected chi connectivity index (χ4v) is 3.37. The van der Waals surface area contributed by atoms with Gasteiger partial charge in [0.1, 0.15) is 0 Å². The van der Waals surface area contributed by atoms with Crippen LogP contribution in [0.25, 0.3) is 0 Å². The number of hydrogen-bond acceptors (Lipinski definition) is 4. The van der Waals surface area contributed by atoms with Crippen molar-refractivity contribution >= 4 is 11.9 Å². The maximum absolute atomic E-state index is 12.9. The summed E-state index contributed by atoms with van der Waals surface area (Å²) in [6.07, 6.45) is 3.11. The van der Waals surface area contributed by atoms with Gasteiger partial charge in [0.2, 0.25) is 5.91 Å². The Hall–Kier alpha value is -1.14. The van der Waals surface area contributed by atoms with Crippen molar-refractivity contribution in [2.24, 2.45) is 5.41 Å².